The first kappa shape index (κ1) is 16.2. The molecule has 0 spiro atoms. The van der Waals surface area contributed by atoms with Gasteiger partial charge in [0, 0.05) is 35.1 Å². The van der Waals surface area contributed by atoms with Crippen molar-refractivity contribution in [3.05, 3.63) is 108 Å². The molecule has 3 heteroatoms. The van der Waals surface area contributed by atoms with E-state index in [1.54, 1.807) is 0 Å². The summed E-state index contributed by atoms with van der Waals surface area (Å²) in [5, 5.41) is 4.29. The quantitative estimate of drug-likeness (QED) is 0.542. The van der Waals surface area contributed by atoms with Crippen LogP contribution in [0.2, 0.25) is 0 Å². The summed E-state index contributed by atoms with van der Waals surface area (Å²) in [4.78, 5) is 15.8. The molecule has 1 amide bonds. The van der Waals surface area contributed by atoms with Gasteiger partial charge in [-0.3, -0.25) is 4.79 Å². The van der Waals surface area contributed by atoms with Crippen LogP contribution in [-0.4, -0.2) is 17.4 Å². The maximum Gasteiger partial charge on any atom is 0.251 e. The first-order chi connectivity index (χ1) is 12.8. The molecule has 0 aliphatic rings. The van der Waals surface area contributed by atoms with E-state index in [-0.39, 0.29) is 11.8 Å². The molecule has 3 nitrogen and oxygen atoms in total. The van der Waals surface area contributed by atoms with E-state index in [2.05, 4.69) is 40.8 Å². The minimum atomic E-state index is -0.0497. The fourth-order valence-corrected chi connectivity index (χ4v) is 3.36. The summed E-state index contributed by atoms with van der Waals surface area (Å²) in [7, 11) is 0. The highest BCUT2D eigenvalue weighted by molar-refractivity contribution is 5.94. The minimum Gasteiger partial charge on any atom is -0.361 e. The molecular formula is C23H20N2O. The van der Waals surface area contributed by atoms with Gasteiger partial charge in [0.25, 0.3) is 5.91 Å². The number of rotatable bonds is 5. The maximum atomic E-state index is 12.5. The summed E-state index contributed by atoms with van der Waals surface area (Å²) in [6.07, 6.45) is 2.05. The molecule has 128 valence electrons. The zero-order chi connectivity index (χ0) is 17.8. The third kappa shape index (κ3) is 3.24. The van der Waals surface area contributed by atoms with Crippen LogP contribution in [0.25, 0.3) is 10.9 Å². The number of carbonyl (C=O) groups excluding carboxylic acids is 1. The van der Waals surface area contributed by atoms with Crippen molar-refractivity contribution in [3.63, 3.8) is 0 Å². The Bertz CT molecular complexity index is 1010. The molecule has 4 aromatic rings. The van der Waals surface area contributed by atoms with Gasteiger partial charge >= 0.3 is 0 Å². The number of fused-ring (bicyclic) bond motifs is 1. The fraction of sp³-hybridized carbons (Fsp3) is 0.0870. The molecule has 3 aromatic carbocycles. The summed E-state index contributed by atoms with van der Waals surface area (Å²) in [6.45, 7) is 0.541. The van der Waals surface area contributed by atoms with E-state index in [0.717, 1.165) is 5.52 Å². The lowest BCUT2D eigenvalue weighted by Gasteiger charge is -2.18. The van der Waals surface area contributed by atoms with Gasteiger partial charge in [-0.25, -0.2) is 0 Å². The van der Waals surface area contributed by atoms with E-state index in [1.807, 2.05) is 60.7 Å². The van der Waals surface area contributed by atoms with Crippen molar-refractivity contribution < 1.29 is 4.79 Å². The third-order valence-corrected chi connectivity index (χ3v) is 4.70. The van der Waals surface area contributed by atoms with Crippen LogP contribution in [0.3, 0.4) is 0 Å². The third-order valence-electron chi connectivity index (χ3n) is 4.70. The fourth-order valence-electron chi connectivity index (χ4n) is 3.36. The average Bonchev–Trinajstić information content (AvgIpc) is 3.14. The molecular weight excluding hydrogens is 320 g/mol. The number of H-pyrrole nitrogens is 1. The monoisotopic (exact) mass is 340 g/mol. The Kier molecular flexibility index (Phi) is 4.52. The Morgan fingerprint density at radius 3 is 2.27 bits per heavy atom. The molecule has 0 saturated carbocycles. The summed E-state index contributed by atoms with van der Waals surface area (Å²) in [6, 6.07) is 27.9. The normalized spacial score (nSPS) is 12.0. The van der Waals surface area contributed by atoms with Gasteiger partial charge in [0.1, 0.15) is 0 Å². The van der Waals surface area contributed by atoms with Crippen molar-refractivity contribution in [1.82, 2.24) is 10.3 Å². The Morgan fingerprint density at radius 1 is 0.846 bits per heavy atom. The van der Waals surface area contributed by atoms with Crippen molar-refractivity contribution in [1.29, 1.82) is 0 Å². The standard InChI is InChI=1S/C23H20N2O/c26-23(18-11-5-2-6-12-18)25-15-20(17-9-3-1-4-10-17)21-16-24-22-14-8-7-13-19(21)22/h1-14,16,20,24H,15H2,(H,25,26)/t20-/m1/s1. The number of benzene rings is 3. The molecule has 1 aromatic heterocycles. The molecule has 2 N–H and O–H groups in total. The second kappa shape index (κ2) is 7.28. The van der Waals surface area contributed by atoms with Gasteiger partial charge < -0.3 is 10.3 Å². The molecule has 4 rings (SSSR count). The molecule has 26 heavy (non-hydrogen) atoms. The lowest BCUT2D eigenvalue weighted by atomic mass is 9.91. The van der Waals surface area contributed by atoms with Crippen LogP contribution in [0.15, 0.2) is 91.1 Å². The minimum absolute atomic E-state index is 0.0497. The number of carbonyl (C=O) groups is 1. The SMILES string of the molecule is O=C(NC[C@H](c1ccccc1)c1c[nH]c2ccccc12)c1ccccc1. The van der Waals surface area contributed by atoms with Crippen molar-refractivity contribution in [2.45, 2.75) is 5.92 Å². The van der Waals surface area contributed by atoms with Crippen molar-refractivity contribution in [2.24, 2.45) is 0 Å². The van der Waals surface area contributed by atoms with Gasteiger partial charge in [0.2, 0.25) is 0 Å². The van der Waals surface area contributed by atoms with Crippen LogP contribution in [0, 0.1) is 0 Å². The summed E-state index contributed by atoms with van der Waals surface area (Å²) < 4.78 is 0. The number of hydrogen-bond acceptors (Lipinski definition) is 1. The first-order valence-corrected chi connectivity index (χ1v) is 8.77. The molecule has 0 aliphatic heterocycles. The van der Waals surface area contributed by atoms with Gasteiger partial charge in [-0.1, -0.05) is 66.7 Å². The Balaban J connectivity index is 1.65. The molecule has 0 saturated heterocycles. The zero-order valence-corrected chi connectivity index (χ0v) is 14.4. The smallest absolute Gasteiger partial charge is 0.251 e. The summed E-state index contributed by atoms with van der Waals surface area (Å²) >= 11 is 0. The number of para-hydroxylation sites is 1. The Hall–Kier alpha value is -3.33. The lowest BCUT2D eigenvalue weighted by molar-refractivity contribution is 0.0952. The van der Waals surface area contributed by atoms with E-state index in [1.165, 1.54) is 16.5 Å². The average molecular weight is 340 g/mol. The van der Waals surface area contributed by atoms with Crippen LogP contribution in [0.1, 0.15) is 27.4 Å². The van der Waals surface area contributed by atoms with Crippen LogP contribution in [0.4, 0.5) is 0 Å². The van der Waals surface area contributed by atoms with Crippen LogP contribution in [-0.2, 0) is 0 Å². The van der Waals surface area contributed by atoms with E-state index >= 15 is 0 Å². The predicted octanol–water partition coefficient (Wildman–Crippen LogP) is 4.73. The highest BCUT2D eigenvalue weighted by atomic mass is 16.1. The van der Waals surface area contributed by atoms with E-state index in [9.17, 15) is 4.79 Å². The van der Waals surface area contributed by atoms with Crippen LogP contribution in [0.5, 0.6) is 0 Å². The van der Waals surface area contributed by atoms with Crippen molar-refractivity contribution >= 4 is 16.8 Å². The van der Waals surface area contributed by atoms with E-state index < -0.39 is 0 Å². The van der Waals surface area contributed by atoms with E-state index in [0.29, 0.717) is 12.1 Å². The van der Waals surface area contributed by atoms with Gasteiger partial charge in [-0.05, 0) is 29.3 Å². The van der Waals surface area contributed by atoms with E-state index in [4.69, 9.17) is 0 Å². The van der Waals surface area contributed by atoms with Crippen molar-refractivity contribution in [3.8, 4) is 0 Å². The molecule has 0 unspecified atom stereocenters. The van der Waals surface area contributed by atoms with Gasteiger partial charge in [0.05, 0.1) is 0 Å². The van der Waals surface area contributed by atoms with Crippen molar-refractivity contribution in [2.75, 3.05) is 6.54 Å². The topological polar surface area (TPSA) is 44.9 Å². The number of amides is 1. The van der Waals surface area contributed by atoms with Crippen LogP contribution < -0.4 is 5.32 Å². The molecule has 0 bridgehead atoms. The zero-order valence-electron chi connectivity index (χ0n) is 14.4. The highest BCUT2D eigenvalue weighted by Gasteiger charge is 2.19. The predicted molar refractivity (Wildman–Crippen MR) is 105 cm³/mol. The number of hydrogen-bond donors (Lipinski definition) is 2. The molecule has 0 fully saturated rings. The molecule has 1 atom stereocenters. The molecule has 1 heterocycles. The van der Waals surface area contributed by atoms with Crippen LogP contribution >= 0.6 is 0 Å². The lowest BCUT2D eigenvalue weighted by Crippen LogP contribution is -2.28. The summed E-state index contributed by atoms with van der Waals surface area (Å²) in [5.41, 5.74) is 4.17. The highest BCUT2D eigenvalue weighted by Crippen LogP contribution is 2.30. The van der Waals surface area contributed by atoms with Gasteiger partial charge in [-0.15, -0.1) is 0 Å². The second-order valence-corrected chi connectivity index (χ2v) is 6.33. The molecule has 0 radical (unpaired) electrons. The first-order valence-electron chi connectivity index (χ1n) is 8.77. The summed E-state index contributed by atoms with van der Waals surface area (Å²) in [5.74, 6) is 0.0337. The Labute approximate surface area is 152 Å². The number of aromatic nitrogens is 1. The number of aromatic amines is 1. The second-order valence-electron chi connectivity index (χ2n) is 6.33. The molecule has 0 aliphatic carbocycles. The number of nitrogens with one attached hydrogen (secondary N) is 2. The largest absolute Gasteiger partial charge is 0.361 e. The van der Waals surface area contributed by atoms with Gasteiger partial charge in [-0.2, -0.15) is 0 Å². The Morgan fingerprint density at radius 2 is 1.50 bits per heavy atom. The van der Waals surface area contributed by atoms with Gasteiger partial charge in [0.15, 0.2) is 0 Å². The maximum absolute atomic E-state index is 12.5.